The molecule has 2 heterocycles. The molecule has 8 heteroatoms. The maximum absolute atomic E-state index is 12.2. The van der Waals surface area contributed by atoms with E-state index in [1.807, 2.05) is 54.6 Å². The summed E-state index contributed by atoms with van der Waals surface area (Å²) in [6.07, 6.45) is 3.32. The van der Waals surface area contributed by atoms with E-state index >= 15 is 0 Å². The summed E-state index contributed by atoms with van der Waals surface area (Å²) in [5, 5.41) is 7.76. The van der Waals surface area contributed by atoms with Gasteiger partial charge in [-0.25, -0.2) is 9.97 Å². The van der Waals surface area contributed by atoms with Crippen LogP contribution in [0.1, 0.15) is 17.1 Å². The van der Waals surface area contributed by atoms with Crippen LogP contribution in [0.5, 0.6) is 0 Å². The highest BCUT2D eigenvalue weighted by Gasteiger charge is 2.10. The second kappa shape index (κ2) is 9.15. The van der Waals surface area contributed by atoms with Crippen LogP contribution in [-0.2, 0) is 22.6 Å². The fourth-order valence-electron chi connectivity index (χ4n) is 2.83. The van der Waals surface area contributed by atoms with Gasteiger partial charge in [-0.3, -0.25) is 14.9 Å². The van der Waals surface area contributed by atoms with Crippen LogP contribution >= 0.6 is 11.3 Å². The van der Waals surface area contributed by atoms with Crippen molar-refractivity contribution < 1.29 is 9.59 Å². The molecule has 0 saturated carbocycles. The second-order valence-corrected chi connectivity index (χ2v) is 7.39. The summed E-state index contributed by atoms with van der Waals surface area (Å²) in [5.74, 6) is 0.262. The molecule has 2 aromatic carbocycles. The number of amides is 2. The molecule has 2 amide bonds. The number of carbonyl (C=O) groups excluding carboxylic acids is 2. The van der Waals surface area contributed by atoms with Gasteiger partial charge in [0, 0.05) is 11.5 Å². The van der Waals surface area contributed by atoms with Crippen LogP contribution in [0.3, 0.4) is 0 Å². The number of aromatic amines is 1. The van der Waals surface area contributed by atoms with Crippen molar-refractivity contribution in [2.45, 2.75) is 13.0 Å². The van der Waals surface area contributed by atoms with Crippen LogP contribution in [0, 0.1) is 0 Å². The fraction of sp³-hybridized carbons (Fsp3) is 0.0909. The molecule has 4 rings (SSSR count). The van der Waals surface area contributed by atoms with E-state index in [-0.39, 0.29) is 18.2 Å². The number of hydrogen-bond acceptors (Lipinski definition) is 5. The predicted molar refractivity (Wildman–Crippen MR) is 118 cm³/mol. The Morgan fingerprint density at radius 3 is 2.67 bits per heavy atom. The van der Waals surface area contributed by atoms with Gasteiger partial charge in [0.05, 0.1) is 29.7 Å². The molecule has 0 bridgehead atoms. The van der Waals surface area contributed by atoms with E-state index in [9.17, 15) is 9.59 Å². The van der Waals surface area contributed by atoms with Crippen molar-refractivity contribution in [3.8, 4) is 0 Å². The van der Waals surface area contributed by atoms with Gasteiger partial charge in [0.25, 0.3) is 0 Å². The molecule has 0 atom stereocenters. The highest BCUT2D eigenvalue weighted by atomic mass is 32.1. The SMILES string of the molecule is O=C(/C=C/c1ccccc1)Nc1nc(CC(=O)NCc2nc3ccccc3[nH]2)cs1. The molecule has 4 aromatic rings. The largest absolute Gasteiger partial charge is 0.349 e. The number of benzene rings is 2. The summed E-state index contributed by atoms with van der Waals surface area (Å²) in [4.78, 5) is 36.1. The molecule has 2 aromatic heterocycles. The zero-order valence-electron chi connectivity index (χ0n) is 16.0. The van der Waals surface area contributed by atoms with Crippen LogP contribution in [0.4, 0.5) is 5.13 Å². The molecule has 0 saturated heterocycles. The summed E-state index contributed by atoms with van der Waals surface area (Å²) in [7, 11) is 0. The van der Waals surface area contributed by atoms with Gasteiger partial charge >= 0.3 is 0 Å². The number of fused-ring (bicyclic) bond motifs is 1. The number of aromatic nitrogens is 3. The maximum Gasteiger partial charge on any atom is 0.250 e. The first kappa shape index (κ1) is 19.5. The van der Waals surface area contributed by atoms with E-state index in [4.69, 9.17) is 0 Å². The quantitative estimate of drug-likeness (QED) is 0.401. The van der Waals surface area contributed by atoms with Gasteiger partial charge < -0.3 is 10.3 Å². The summed E-state index contributed by atoms with van der Waals surface area (Å²) in [5.41, 5.74) is 3.34. The molecule has 0 aliphatic rings. The van der Waals surface area contributed by atoms with Crippen LogP contribution in [0.15, 0.2) is 66.1 Å². The number of hydrogen-bond donors (Lipinski definition) is 3. The smallest absolute Gasteiger partial charge is 0.250 e. The van der Waals surface area contributed by atoms with Gasteiger partial charge in [0.2, 0.25) is 11.8 Å². The minimum Gasteiger partial charge on any atom is -0.349 e. The average Bonchev–Trinajstić information content (AvgIpc) is 3.37. The molecule has 0 aliphatic carbocycles. The van der Waals surface area contributed by atoms with E-state index < -0.39 is 0 Å². The zero-order chi connectivity index (χ0) is 20.8. The Balaban J connectivity index is 1.26. The minimum atomic E-state index is -0.269. The van der Waals surface area contributed by atoms with Gasteiger partial charge in [-0.1, -0.05) is 42.5 Å². The number of H-pyrrole nitrogens is 1. The Bertz CT molecular complexity index is 1160. The number of carbonyl (C=O) groups is 2. The third kappa shape index (κ3) is 5.18. The van der Waals surface area contributed by atoms with Crippen molar-refractivity contribution in [1.29, 1.82) is 0 Å². The summed E-state index contributed by atoms with van der Waals surface area (Å²) in [6, 6.07) is 17.3. The lowest BCUT2D eigenvalue weighted by atomic mass is 10.2. The molecule has 0 unspecified atom stereocenters. The van der Waals surface area contributed by atoms with E-state index in [0.717, 1.165) is 16.6 Å². The Hall–Kier alpha value is -3.78. The number of rotatable bonds is 7. The summed E-state index contributed by atoms with van der Waals surface area (Å²) >= 11 is 1.28. The molecule has 150 valence electrons. The molecule has 7 nitrogen and oxygen atoms in total. The number of nitrogens with one attached hydrogen (secondary N) is 3. The van der Waals surface area contributed by atoms with Gasteiger partial charge in [0.1, 0.15) is 5.82 Å². The lowest BCUT2D eigenvalue weighted by molar-refractivity contribution is -0.120. The number of thiazole rings is 1. The molecule has 0 fully saturated rings. The maximum atomic E-state index is 12.2. The van der Waals surface area contributed by atoms with Crippen LogP contribution in [0.25, 0.3) is 17.1 Å². The van der Waals surface area contributed by atoms with Gasteiger partial charge in [0.15, 0.2) is 5.13 Å². The zero-order valence-corrected chi connectivity index (χ0v) is 16.8. The van der Waals surface area contributed by atoms with E-state index in [0.29, 0.717) is 23.2 Å². The van der Waals surface area contributed by atoms with Crippen LogP contribution in [0.2, 0.25) is 0 Å². The van der Waals surface area contributed by atoms with E-state index in [1.54, 1.807) is 11.5 Å². The molecule has 0 spiro atoms. The van der Waals surface area contributed by atoms with Crippen LogP contribution in [-0.4, -0.2) is 26.8 Å². The average molecular weight is 417 g/mol. The highest BCUT2D eigenvalue weighted by molar-refractivity contribution is 7.14. The first-order valence-corrected chi connectivity index (χ1v) is 10.2. The number of para-hydroxylation sites is 2. The van der Waals surface area contributed by atoms with Crippen molar-refractivity contribution >= 4 is 45.4 Å². The monoisotopic (exact) mass is 417 g/mol. The van der Waals surface area contributed by atoms with E-state index in [1.165, 1.54) is 17.4 Å². The Kier molecular flexibility index (Phi) is 5.95. The third-order valence-corrected chi connectivity index (χ3v) is 5.05. The first-order valence-electron chi connectivity index (χ1n) is 9.34. The number of imidazole rings is 1. The Morgan fingerprint density at radius 2 is 1.83 bits per heavy atom. The highest BCUT2D eigenvalue weighted by Crippen LogP contribution is 2.16. The molecule has 0 radical (unpaired) electrons. The molecule has 30 heavy (non-hydrogen) atoms. The van der Waals surface area contributed by atoms with E-state index in [2.05, 4.69) is 25.6 Å². The van der Waals surface area contributed by atoms with Crippen molar-refractivity contribution in [1.82, 2.24) is 20.3 Å². The van der Waals surface area contributed by atoms with Crippen molar-refractivity contribution in [3.05, 3.63) is 83.1 Å². The summed E-state index contributed by atoms with van der Waals surface area (Å²) < 4.78 is 0. The molecular formula is C22H19N5O2S. The van der Waals surface area contributed by atoms with Crippen molar-refractivity contribution in [2.24, 2.45) is 0 Å². The fourth-order valence-corrected chi connectivity index (χ4v) is 3.54. The molecule has 0 aliphatic heterocycles. The lowest BCUT2D eigenvalue weighted by Gasteiger charge is -2.01. The third-order valence-electron chi connectivity index (χ3n) is 4.24. The van der Waals surface area contributed by atoms with Gasteiger partial charge in [-0.2, -0.15) is 0 Å². The molecule has 3 N–H and O–H groups in total. The lowest BCUT2D eigenvalue weighted by Crippen LogP contribution is -2.25. The van der Waals surface area contributed by atoms with Gasteiger partial charge in [-0.05, 0) is 23.8 Å². The Morgan fingerprint density at radius 1 is 1.03 bits per heavy atom. The summed E-state index contributed by atoms with van der Waals surface area (Å²) in [6.45, 7) is 0.311. The number of nitrogens with zero attached hydrogens (tertiary/aromatic N) is 2. The van der Waals surface area contributed by atoms with Gasteiger partial charge in [-0.15, -0.1) is 11.3 Å². The van der Waals surface area contributed by atoms with Crippen molar-refractivity contribution in [2.75, 3.05) is 5.32 Å². The molecular weight excluding hydrogens is 398 g/mol. The Labute approximate surface area is 176 Å². The predicted octanol–water partition coefficient (Wildman–Crippen LogP) is 3.53. The topological polar surface area (TPSA) is 99.8 Å². The second-order valence-electron chi connectivity index (χ2n) is 6.53. The standard InChI is InChI=1S/C22H19N5O2S/c28-20(11-10-15-6-2-1-3-7-15)27-22-24-16(14-30-22)12-21(29)23-13-19-25-17-8-4-5-9-18(17)26-19/h1-11,14H,12-13H2,(H,23,29)(H,25,26)(H,24,27,28)/b11-10+. The van der Waals surface area contributed by atoms with Crippen molar-refractivity contribution in [3.63, 3.8) is 0 Å². The first-order chi connectivity index (χ1) is 14.7. The minimum absolute atomic E-state index is 0.131. The normalized spacial score (nSPS) is 11.1. The number of anilines is 1. The van der Waals surface area contributed by atoms with Crippen LogP contribution < -0.4 is 10.6 Å².